The van der Waals surface area contributed by atoms with Crippen molar-refractivity contribution in [2.24, 2.45) is 5.10 Å². The van der Waals surface area contributed by atoms with Crippen molar-refractivity contribution in [1.82, 2.24) is 5.43 Å². The van der Waals surface area contributed by atoms with E-state index < -0.39 is 5.91 Å². The standard InChI is InChI=1S/C10H7BrIN3O2/c11-7-3-6(10(17)8(12)4-7)5-14-15-9(16)1-2-13/h3-5,17H,1H2,(H,15,16). The van der Waals surface area contributed by atoms with E-state index in [-0.39, 0.29) is 12.2 Å². The highest BCUT2D eigenvalue weighted by Gasteiger charge is 2.05. The molecule has 0 unspecified atom stereocenters. The van der Waals surface area contributed by atoms with Gasteiger partial charge in [0.05, 0.1) is 15.9 Å². The van der Waals surface area contributed by atoms with Crippen molar-refractivity contribution in [3.8, 4) is 11.8 Å². The van der Waals surface area contributed by atoms with Crippen LogP contribution in [-0.4, -0.2) is 17.2 Å². The molecule has 0 fully saturated rings. The lowest BCUT2D eigenvalue weighted by molar-refractivity contribution is -0.120. The molecule has 1 rings (SSSR count). The predicted molar refractivity (Wildman–Crippen MR) is 74.5 cm³/mol. The predicted octanol–water partition coefficient (Wildman–Crippen LogP) is 2.12. The highest BCUT2D eigenvalue weighted by Crippen LogP contribution is 2.27. The molecule has 0 saturated carbocycles. The first kappa shape index (κ1) is 13.9. The fourth-order valence-corrected chi connectivity index (χ4v) is 2.52. The lowest BCUT2D eigenvalue weighted by atomic mass is 10.2. The van der Waals surface area contributed by atoms with Crippen LogP contribution in [0.3, 0.4) is 0 Å². The van der Waals surface area contributed by atoms with Crippen LogP contribution in [0.25, 0.3) is 0 Å². The summed E-state index contributed by atoms with van der Waals surface area (Å²) in [4.78, 5) is 10.9. The highest BCUT2D eigenvalue weighted by molar-refractivity contribution is 14.1. The number of rotatable bonds is 3. The number of phenols is 1. The first-order valence-corrected chi connectivity index (χ1v) is 6.28. The second kappa shape index (κ2) is 6.56. The van der Waals surface area contributed by atoms with Crippen LogP contribution in [0, 0.1) is 14.9 Å². The van der Waals surface area contributed by atoms with Gasteiger partial charge in [-0.2, -0.15) is 10.4 Å². The van der Waals surface area contributed by atoms with Gasteiger partial charge in [0, 0.05) is 10.0 Å². The quantitative estimate of drug-likeness (QED) is 0.457. The number of hydrazone groups is 1. The zero-order valence-electron chi connectivity index (χ0n) is 8.44. The molecule has 0 aliphatic carbocycles. The van der Waals surface area contributed by atoms with E-state index in [1.54, 1.807) is 18.2 Å². The van der Waals surface area contributed by atoms with Gasteiger partial charge in [-0.25, -0.2) is 5.43 Å². The van der Waals surface area contributed by atoms with Gasteiger partial charge in [-0.1, -0.05) is 15.9 Å². The van der Waals surface area contributed by atoms with Crippen molar-refractivity contribution in [3.63, 3.8) is 0 Å². The number of aromatic hydroxyl groups is 1. The summed E-state index contributed by atoms with van der Waals surface area (Å²) in [6.45, 7) is 0. The molecule has 0 saturated heterocycles. The van der Waals surface area contributed by atoms with E-state index in [0.29, 0.717) is 9.13 Å². The molecule has 1 amide bonds. The molecule has 1 aromatic carbocycles. The van der Waals surface area contributed by atoms with Gasteiger partial charge in [0.15, 0.2) is 0 Å². The van der Waals surface area contributed by atoms with Crippen LogP contribution in [0.5, 0.6) is 5.75 Å². The summed E-state index contributed by atoms with van der Waals surface area (Å²) in [5.41, 5.74) is 2.65. The number of nitriles is 1. The molecule has 1 aromatic rings. The number of nitrogens with zero attached hydrogens (tertiary/aromatic N) is 2. The van der Waals surface area contributed by atoms with E-state index in [9.17, 15) is 9.90 Å². The van der Waals surface area contributed by atoms with Gasteiger partial charge in [-0.15, -0.1) is 0 Å². The number of hydrogen-bond donors (Lipinski definition) is 2. The highest BCUT2D eigenvalue weighted by atomic mass is 127. The largest absolute Gasteiger partial charge is 0.506 e. The number of benzene rings is 1. The molecule has 0 spiro atoms. The summed E-state index contributed by atoms with van der Waals surface area (Å²) >= 11 is 5.27. The molecule has 0 bridgehead atoms. The molecule has 7 heteroatoms. The average Bonchev–Trinajstić information content (AvgIpc) is 2.25. The molecule has 0 aromatic heterocycles. The minimum Gasteiger partial charge on any atom is -0.506 e. The van der Waals surface area contributed by atoms with Gasteiger partial charge in [-0.05, 0) is 34.7 Å². The number of halogens is 2. The first-order valence-electron chi connectivity index (χ1n) is 4.41. The first-order chi connectivity index (χ1) is 8.04. The normalized spacial score (nSPS) is 10.2. The van der Waals surface area contributed by atoms with Gasteiger partial charge in [0.2, 0.25) is 0 Å². The molecule has 0 atom stereocenters. The Morgan fingerprint density at radius 2 is 2.41 bits per heavy atom. The third-order valence-electron chi connectivity index (χ3n) is 1.69. The molecule has 5 nitrogen and oxygen atoms in total. The van der Waals surface area contributed by atoms with Crippen LogP contribution >= 0.6 is 38.5 Å². The summed E-state index contributed by atoms with van der Waals surface area (Å²) in [7, 11) is 0. The number of phenolic OH excluding ortho intramolecular Hbond substituents is 1. The van der Waals surface area contributed by atoms with Crippen molar-refractivity contribution in [2.45, 2.75) is 6.42 Å². The molecule has 88 valence electrons. The Bertz CT molecular complexity index is 511. The summed E-state index contributed by atoms with van der Waals surface area (Å²) in [5, 5.41) is 21.6. The van der Waals surface area contributed by atoms with Crippen molar-refractivity contribution in [3.05, 3.63) is 25.7 Å². The Morgan fingerprint density at radius 3 is 3.06 bits per heavy atom. The lowest BCUT2D eigenvalue weighted by Gasteiger charge is -2.02. The number of amides is 1. The van der Waals surface area contributed by atoms with Crippen molar-refractivity contribution < 1.29 is 9.90 Å². The average molecular weight is 408 g/mol. The van der Waals surface area contributed by atoms with Crippen molar-refractivity contribution in [1.29, 1.82) is 5.26 Å². The van der Waals surface area contributed by atoms with Crippen LogP contribution in [-0.2, 0) is 4.79 Å². The Balaban J connectivity index is 2.79. The van der Waals surface area contributed by atoms with E-state index in [4.69, 9.17) is 5.26 Å². The van der Waals surface area contributed by atoms with Crippen LogP contribution in [0.4, 0.5) is 0 Å². The van der Waals surface area contributed by atoms with Gasteiger partial charge in [0.25, 0.3) is 5.91 Å². The van der Waals surface area contributed by atoms with Crippen molar-refractivity contribution >= 4 is 50.6 Å². The molecule has 0 heterocycles. The third-order valence-corrected chi connectivity index (χ3v) is 2.97. The fourth-order valence-electron chi connectivity index (χ4n) is 0.969. The maximum atomic E-state index is 10.9. The Kier molecular flexibility index (Phi) is 5.37. The molecular weight excluding hydrogens is 401 g/mol. The van der Waals surface area contributed by atoms with Crippen molar-refractivity contribution in [2.75, 3.05) is 0 Å². The Morgan fingerprint density at radius 1 is 1.71 bits per heavy atom. The summed E-state index contributed by atoms with van der Waals surface area (Å²) in [6, 6.07) is 5.12. The van der Waals surface area contributed by atoms with E-state index in [0.717, 1.165) is 4.47 Å². The molecule has 0 radical (unpaired) electrons. The van der Waals surface area contributed by atoms with Gasteiger partial charge >= 0.3 is 0 Å². The fraction of sp³-hybridized carbons (Fsp3) is 0.100. The number of carbonyl (C=O) groups is 1. The van der Waals surface area contributed by atoms with Gasteiger partial charge in [-0.3, -0.25) is 4.79 Å². The summed E-state index contributed by atoms with van der Waals surface area (Å²) < 4.78 is 1.46. The molecule has 17 heavy (non-hydrogen) atoms. The van der Waals surface area contributed by atoms with E-state index in [2.05, 4.69) is 26.5 Å². The van der Waals surface area contributed by atoms with Crippen LogP contribution in [0.1, 0.15) is 12.0 Å². The van der Waals surface area contributed by atoms with Crippen LogP contribution in [0.15, 0.2) is 21.7 Å². The molecular formula is C10H7BrIN3O2. The summed E-state index contributed by atoms with van der Waals surface area (Å²) in [5.74, 6) is -0.403. The summed E-state index contributed by atoms with van der Waals surface area (Å²) in [6.07, 6.45) is 1.07. The van der Waals surface area contributed by atoms with E-state index in [1.165, 1.54) is 6.21 Å². The topological polar surface area (TPSA) is 85.5 Å². The second-order valence-electron chi connectivity index (χ2n) is 2.95. The number of carbonyl (C=O) groups excluding carboxylic acids is 1. The third kappa shape index (κ3) is 4.32. The zero-order chi connectivity index (χ0) is 12.8. The molecule has 0 aliphatic heterocycles. The maximum absolute atomic E-state index is 10.9. The van der Waals surface area contributed by atoms with Crippen LogP contribution in [0.2, 0.25) is 0 Å². The number of nitrogens with one attached hydrogen (secondary N) is 1. The second-order valence-corrected chi connectivity index (χ2v) is 5.03. The Labute approximate surface area is 120 Å². The van der Waals surface area contributed by atoms with E-state index in [1.807, 2.05) is 22.6 Å². The van der Waals surface area contributed by atoms with Gasteiger partial charge in [0.1, 0.15) is 12.2 Å². The molecule has 2 N–H and O–H groups in total. The smallest absolute Gasteiger partial charge is 0.254 e. The lowest BCUT2D eigenvalue weighted by Crippen LogP contribution is -2.16. The van der Waals surface area contributed by atoms with Gasteiger partial charge < -0.3 is 5.11 Å². The maximum Gasteiger partial charge on any atom is 0.254 e. The van der Waals surface area contributed by atoms with E-state index >= 15 is 0 Å². The monoisotopic (exact) mass is 407 g/mol. The SMILES string of the molecule is N#CCC(=O)NN=Cc1cc(Br)cc(I)c1O. The zero-order valence-corrected chi connectivity index (χ0v) is 12.2. The minimum atomic E-state index is -0.493. The molecule has 0 aliphatic rings. The number of hydrogen-bond acceptors (Lipinski definition) is 4. The Hall–Kier alpha value is -1.14. The minimum absolute atomic E-state index is 0.0899. The van der Waals surface area contributed by atoms with Crippen LogP contribution < -0.4 is 5.43 Å².